The molecule has 0 radical (unpaired) electrons. The zero-order valence-corrected chi connectivity index (χ0v) is 17.8. The summed E-state index contributed by atoms with van der Waals surface area (Å²) in [7, 11) is 8.70. The molecule has 2 aromatic rings. The van der Waals surface area contributed by atoms with Gasteiger partial charge in [-0.15, -0.1) is 0 Å². The number of benzene rings is 2. The van der Waals surface area contributed by atoms with Gasteiger partial charge in [-0.05, 0) is 102 Å². The lowest BCUT2D eigenvalue weighted by atomic mass is 9.85. The predicted molar refractivity (Wildman–Crippen MR) is 119 cm³/mol. The summed E-state index contributed by atoms with van der Waals surface area (Å²) in [6, 6.07) is 20.1. The minimum Gasteiger partial charge on any atom is -0.309 e. The largest absolute Gasteiger partial charge is 0.309 e. The van der Waals surface area contributed by atoms with Crippen molar-refractivity contribution < 1.29 is 0 Å². The number of hydrogen-bond acceptors (Lipinski definition) is 2. The second kappa shape index (κ2) is 11.9. The summed E-state index contributed by atoms with van der Waals surface area (Å²) in [6.45, 7) is 2.35. The van der Waals surface area contributed by atoms with Gasteiger partial charge in [0.2, 0.25) is 0 Å². The van der Waals surface area contributed by atoms with E-state index in [0.717, 1.165) is 12.8 Å². The smallest absolute Gasteiger partial charge is 0.00246 e. The zero-order valence-electron chi connectivity index (χ0n) is 17.8. The summed E-state index contributed by atoms with van der Waals surface area (Å²) in [4.78, 5) is 4.61. The van der Waals surface area contributed by atoms with Crippen LogP contribution in [0.25, 0.3) is 0 Å². The molecule has 148 valence electrons. The van der Waals surface area contributed by atoms with Crippen LogP contribution in [0.2, 0.25) is 0 Å². The summed E-state index contributed by atoms with van der Waals surface area (Å²) >= 11 is 0. The first-order valence-electron chi connectivity index (χ1n) is 10.5. The average molecular weight is 367 g/mol. The first-order chi connectivity index (χ1) is 13.1. The van der Waals surface area contributed by atoms with Crippen LogP contribution in [0.3, 0.4) is 0 Å². The highest BCUT2D eigenvalue weighted by Crippen LogP contribution is 2.30. The number of hydrogen-bond donors (Lipinski definition) is 0. The van der Waals surface area contributed by atoms with Gasteiger partial charge in [-0.3, -0.25) is 0 Å². The Morgan fingerprint density at radius 3 is 1.81 bits per heavy atom. The van der Waals surface area contributed by atoms with Crippen LogP contribution in [0, 0.1) is 0 Å². The molecule has 0 atom stereocenters. The van der Waals surface area contributed by atoms with Gasteiger partial charge in [0.05, 0.1) is 0 Å². The third-order valence-electron chi connectivity index (χ3n) is 5.34. The van der Waals surface area contributed by atoms with E-state index in [1.807, 2.05) is 0 Å². The molecule has 0 aliphatic carbocycles. The highest BCUT2D eigenvalue weighted by atomic mass is 15.0. The molecule has 0 saturated carbocycles. The molecule has 0 N–H and O–H groups in total. The van der Waals surface area contributed by atoms with Crippen molar-refractivity contribution in [1.29, 1.82) is 0 Å². The molecule has 0 heterocycles. The van der Waals surface area contributed by atoms with Crippen LogP contribution in [0.15, 0.2) is 54.6 Å². The Hall–Kier alpha value is -1.64. The molecule has 0 aromatic heterocycles. The van der Waals surface area contributed by atoms with E-state index in [0.29, 0.717) is 5.92 Å². The lowest BCUT2D eigenvalue weighted by Crippen LogP contribution is -2.16. The van der Waals surface area contributed by atoms with Crippen LogP contribution in [-0.2, 0) is 12.8 Å². The Kier molecular flexibility index (Phi) is 9.58. The average Bonchev–Trinajstić information content (AvgIpc) is 2.66. The molecule has 0 unspecified atom stereocenters. The lowest BCUT2D eigenvalue weighted by Gasteiger charge is -2.22. The van der Waals surface area contributed by atoms with Crippen molar-refractivity contribution in [2.24, 2.45) is 0 Å². The fourth-order valence-electron chi connectivity index (χ4n) is 3.85. The maximum Gasteiger partial charge on any atom is -0.00246 e. The Bertz CT molecular complexity index is 620. The highest BCUT2D eigenvalue weighted by molar-refractivity contribution is 5.31. The quantitative estimate of drug-likeness (QED) is 0.507. The lowest BCUT2D eigenvalue weighted by molar-refractivity contribution is 0.361. The fraction of sp³-hybridized carbons (Fsp3) is 0.520. The van der Waals surface area contributed by atoms with E-state index in [9.17, 15) is 0 Å². The monoisotopic (exact) mass is 366 g/mol. The molecule has 0 bridgehead atoms. The van der Waals surface area contributed by atoms with Crippen LogP contribution in [0.1, 0.15) is 48.3 Å². The first-order valence-corrected chi connectivity index (χ1v) is 10.5. The van der Waals surface area contributed by atoms with Gasteiger partial charge >= 0.3 is 0 Å². The second-order valence-electron chi connectivity index (χ2n) is 8.27. The Morgan fingerprint density at radius 2 is 1.22 bits per heavy atom. The third-order valence-corrected chi connectivity index (χ3v) is 5.34. The topological polar surface area (TPSA) is 6.48 Å². The molecule has 2 nitrogen and oxygen atoms in total. The van der Waals surface area contributed by atoms with E-state index in [1.165, 1.54) is 44.3 Å². The summed E-state index contributed by atoms with van der Waals surface area (Å²) in [5, 5.41) is 0. The minimum atomic E-state index is 0.678. The molecule has 0 fully saturated rings. The van der Waals surface area contributed by atoms with Crippen molar-refractivity contribution in [2.75, 3.05) is 41.3 Å². The zero-order chi connectivity index (χ0) is 19.5. The number of rotatable bonds is 12. The highest BCUT2D eigenvalue weighted by Gasteiger charge is 2.15. The Balaban J connectivity index is 2.07. The van der Waals surface area contributed by atoms with E-state index in [4.69, 9.17) is 0 Å². The molecule has 0 aliphatic heterocycles. The van der Waals surface area contributed by atoms with Gasteiger partial charge in [0, 0.05) is 0 Å². The number of aryl methyl sites for hydroxylation is 2. The molecule has 0 aliphatic rings. The van der Waals surface area contributed by atoms with E-state index in [2.05, 4.69) is 92.6 Å². The van der Waals surface area contributed by atoms with Crippen LogP contribution >= 0.6 is 0 Å². The van der Waals surface area contributed by atoms with E-state index in [-0.39, 0.29) is 0 Å². The van der Waals surface area contributed by atoms with Crippen molar-refractivity contribution >= 4 is 0 Å². The van der Waals surface area contributed by atoms with Gasteiger partial charge in [-0.25, -0.2) is 0 Å². The van der Waals surface area contributed by atoms with Crippen LogP contribution < -0.4 is 0 Å². The Morgan fingerprint density at radius 1 is 0.667 bits per heavy atom. The molecule has 2 aromatic carbocycles. The van der Waals surface area contributed by atoms with Crippen LogP contribution in [0.4, 0.5) is 0 Å². The van der Waals surface area contributed by atoms with Gasteiger partial charge in [0.15, 0.2) is 0 Å². The normalized spacial score (nSPS) is 11.7. The molecule has 0 amide bonds. The van der Waals surface area contributed by atoms with Crippen molar-refractivity contribution in [3.63, 3.8) is 0 Å². The van der Waals surface area contributed by atoms with E-state index in [1.54, 1.807) is 11.1 Å². The summed E-state index contributed by atoms with van der Waals surface area (Å²) in [5.74, 6) is 0.678. The van der Waals surface area contributed by atoms with Crippen molar-refractivity contribution in [3.8, 4) is 0 Å². The van der Waals surface area contributed by atoms with Gasteiger partial charge in [0.1, 0.15) is 0 Å². The van der Waals surface area contributed by atoms with E-state index < -0.39 is 0 Å². The standard InChI is InChI=1S/C25H38N2/c1-26(2)20-10-15-23(16-11-21-27(3)4)25-17-9-8-14-24(25)19-18-22-12-6-5-7-13-22/h5-9,12-14,17,23H,10-11,15-16,18-21H2,1-4H3. The maximum atomic E-state index is 2.39. The Labute approximate surface area is 167 Å². The molecule has 27 heavy (non-hydrogen) atoms. The maximum absolute atomic E-state index is 2.39. The van der Waals surface area contributed by atoms with E-state index >= 15 is 0 Å². The van der Waals surface area contributed by atoms with Crippen molar-refractivity contribution in [2.45, 2.75) is 44.4 Å². The van der Waals surface area contributed by atoms with Gasteiger partial charge < -0.3 is 9.80 Å². The summed E-state index contributed by atoms with van der Waals surface area (Å²) < 4.78 is 0. The minimum absolute atomic E-state index is 0.678. The first kappa shape index (κ1) is 21.7. The predicted octanol–water partition coefficient (Wildman–Crippen LogP) is 5.24. The molecular formula is C25H38N2. The van der Waals surface area contributed by atoms with Crippen molar-refractivity contribution in [3.05, 3.63) is 71.3 Å². The fourth-order valence-corrected chi connectivity index (χ4v) is 3.85. The molecule has 0 saturated heterocycles. The van der Waals surface area contributed by atoms with Gasteiger partial charge in [-0.2, -0.15) is 0 Å². The molecule has 2 heteroatoms. The van der Waals surface area contributed by atoms with Gasteiger partial charge in [-0.1, -0.05) is 54.6 Å². The van der Waals surface area contributed by atoms with Gasteiger partial charge in [0.25, 0.3) is 0 Å². The van der Waals surface area contributed by atoms with Crippen LogP contribution in [-0.4, -0.2) is 51.1 Å². The van der Waals surface area contributed by atoms with Crippen LogP contribution in [0.5, 0.6) is 0 Å². The molecular weight excluding hydrogens is 328 g/mol. The van der Waals surface area contributed by atoms with Crippen molar-refractivity contribution in [1.82, 2.24) is 9.80 Å². The number of nitrogens with zero attached hydrogens (tertiary/aromatic N) is 2. The summed E-state index contributed by atoms with van der Waals surface area (Å²) in [6.07, 6.45) is 7.37. The molecule has 0 spiro atoms. The second-order valence-corrected chi connectivity index (χ2v) is 8.27. The molecule has 2 rings (SSSR count). The SMILES string of the molecule is CN(C)CCCC(CCCN(C)C)c1ccccc1CCc1ccccc1. The third kappa shape index (κ3) is 8.28. The summed E-state index contributed by atoms with van der Waals surface area (Å²) in [5.41, 5.74) is 4.57.